The number of aliphatic carboxylic acids is 2. The van der Waals surface area contributed by atoms with Crippen molar-refractivity contribution in [3.63, 3.8) is 0 Å². The first-order valence-corrected chi connectivity index (χ1v) is 13.0. The molecule has 4 N–H and O–H groups in total. The third-order valence-electron chi connectivity index (χ3n) is 7.17. The smallest absolute Gasteiger partial charge is 0.334 e. The van der Waals surface area contributed by atoms with E-state index in [4.69, 9.17) is 9.47 Å². The normalized spacial score (nSPS) is 15.8. The van der Waals surface area contributed by atoms with Crippen LogP contribution in [0.3, 0.4) is 0 Å². The van der Waals surface area contributed by atoms with Crippen LogP contribution in [0.5, 0.6) is 11.5 Å². The van der Waals surface area contributed by atoms with Crippen molar-refractivity contribution >= 4 is 11.9 Å². The second kappa shape index (κ2) is 13.3. The maximum Gasteiger partial charge on any atom is 0.334 e. The number of ether oxygens (including phenoxy) is 2. The second-order valence-electron chi connectivity index (χ2n) is 9.78. The minimum absolute atomic E-state index is 0.0333. The molecule has 0 spiro atoms. The Hall–Kier alpha value is -3.82. The molecule has 0 aromatic heterocycles. The molecule has 0 aliphatic carbocycles. The average Bonchev–Trinajstić information content (AvgIpc) is 2.90. The third-order valence-corrected chi connectivity index (χ3v) is 7.17. The highest BCUT2D eigenvalue weighted by atomic mass is 16.5. The number of nitrogens with one attached hydrogen (secondary N) is 1. The van der Waals surface area contributed by atoms with Crippen molar-refractivity contribution in [1.29, 1.82) is 0 Å². The van der Waals surface area contributed by atoms with E-state index >= 15 is 0 Å². The van der Waals surface area contributed by atoms with Crippen molar-refractivity contribution < 1.29 is 34.4 Å². The van der Waals surface area contributed by atoms with Gasteiger partial charge in [0, 0.05) is 25.0 Å². The number of carbonyl (C=O) groups is 2. The first kappa shape index (κ1) is 29.7. The number of carboxylic acid groups (broad SMARTS) is 2. The lowest BCUT2D eigenvalue weighted by Gasteiger charge is -2.41. The van der Waals surface area contributed by atoms with E-state index < -0.39 is 23.5 Å². The fourth-order valence-electron chi connectivity index (χ4n) is 4.92. The Bertz CT molecular complexity index is 1170. The van der Waals surface area contributed by atoms with Gasteiger partial charge < -0.3 is 35.0 Å². The molecule has 39 heavy (non-hydrogen) atoms. The minimum Gasteiger partial charge on any atom is -0.494 e. The molecular weight excluding hydrogens is 500 g/mol. The Labute approximate surface area is 229 Å². The van der Waals surface area contributed by atoms with E-state index in [0.29, 0.717) is 35.9 Å². The molecule has 0 fully saturated rings. The number of aliphatic hydroxyl groups excluding tert-OH is 1. The zero-order chi connectivity index (χ0) is 28.6. The molecule has 9 heteroatoms. The molecule has 2 aromatic carbocycles. The number of carboxylic acids is 2. The molecule has 0 amide bonds. The number of allylic oxidation sites excluding steroid dienone is 2. The van der Waals surface area contributed by atoms with Crippen molar-refractivity contribution in [1.82, 2.24) is 10.2 Å². The molecular formula is C30H38N2O7. The monoisotopic (exact) mass is 538 g/mol. The van der Waals surface area contributed by atoms with Crippen LogP contribution in [0.2, 0.25) is 0 Å². The summed E-state index contributed by atoms with van der Waals surface area (Å²) in [6, 6.07) is 16.3. The summed E-state index contributed by atoms with van der Waals surface area (Å²) >= 11 is 0. The van der Waals surface area contributed by atoms with Crippen LogP contribution in [0.15, 0.2) is 77.1 Å². The van der Waals surface area contributed by atoms with Gasteiger partial charge in [0.05, 0.1) is 23.2 Å². The number of para-hydroxylation sites is 1. The highest BCUT2D eigenvalue weighted by Crippen LogP contribution is 2.46. The van der Waals surface area contributed by atoms with E-state index in [1.807, 2.05) is 30.3 Å². The molecule has 1 heterocycles. The molecule has 2 aromatic rings. The molecule has 3 rings (SSSR count). The van der Waals surface area contributed by atoms with Gasteiger partial charge in [-0.15, -0.1) is 0 Å². The first-order chi connectivity index (χ1) is 18.6. The van der Waals surface area contributed by atoms with Crippen molar-refractivity contribution in [2.24, 2.45) is 0 Å². The summed E-state index contributed by atoms with van der Waals surface area (Å²) in [6.45, 7) is 6.89. The Balaban J connectivity index is 1.50. The summed E-state index contributed by atoms with van der Waals surface area (Å²) in [4.78, 5) is 26.1. The molecule has 1 unspecified atom stereocenters. The number of benzene rings is 2. The molecule has 9 nitrogen and oxygen atoms in total. The van der Waals surface area contributed by atoms with Crippen LogP contribution < -0.4 is 14.8 Å². The van der Waals surface area contributed by atoms with Crippen LogP contribution in [-0.4, -0.2) is 71.6 Å². The number of nitrogens with zero attached hydrogens (tertiary/aromatic N) is 1. The van der Waals surface area contributed by atoms with Crippen molar-refractivity contribution in [2.45, 2.75) is 45.1 Å². The number of aliphatic hydroxyl groups is 1. The predicted octanol–water partition coefficient (Wildman–Crippen LogP) is 3.80. The van der Waals surface area contributed by atoms with Gasteiger partial charge in [0.15, 0.2) is 0 Å². The van der Waals surface area contributed by atoms with Crippen molar-refractivity contribution in [3.05, 3.63) is 82.7 Å². The highest BCUT2D eigenvalue weighted by molar-refractivity contribution is 6.00. The van der Waals surface area contributed by atoms with E-state index in [1.165, 1.54) is 0 Å². The largest absolute Gasteiger partial charge is 0.494 e. The molecule has 0 saturated heterocycles. The third kappa shape index (κ3) is 6.99. The molecule has 0 bridgehead atoms. The van der Waals surface area contributed by atoms with E-state index in [1.54, 1.807) is 57.0 Å². The van der Waals surface area contributed by atoms with Crippen LogP contribution in [-0.2, 0) is 15.0 Å². The lowest BCUT2D eigenvalue weighted by molar-refractivity contribution is -0.134. The quantitative estimate of drug-likeness (QED) is 0.266. The maximum atomic E-state index is 12.3. The lowest BCUT2D eigenvalue weighted by Crippen LogP contribution is -2.43. The van der Waals surface area contributed by atoms with Crippen LogP contribution in [0, 0.1) is 0 Å². The lowest BCUT2D eigenvalue weighted by atomic mass is 9.67. The highest BCUT2D eigenvalue weighted by Gasteiger charge is 2.48. The fraction of sp³-hybridized carbons (Fsp3) is 0.400. The average molecular weight is 539 g/mol. The van der Waals surface area contributed by atoms with E-state index in [2.05, 4.69) is 5.32 Å². The maximum absolute atomic E-state index is 12.3. The summed E-state index contributed by atoms with van der Waals surface area (Å²) in [5, 5.41) is 33.3. The summed E-state index contributed by atoms with van der Waals surface area (Å²) in [7, 11) is 1.67. The zero-order valence-electron chi connectivity index (χ0n) is 22.9. The standard InChI is InChI=1S/C30H38N2O7/c1-20-26(28(34)35)30(3,27(29(36)37)21(2)32(20)4)22-12-14-25(15-13-22)38-17-9-8-16-31-18-23(33)19-39-24-10-6-5-7-11-24/h5-7,10-15,23,31,33H,8-9,16-19H2,1-4H3,(H,34,35)(H,36,37). The van der Waals surface area contributed by atoms with E-state index in [9.17, 15) is 24.9 Å². The molecule has 1 aliphatic heterocycles. The van der Waals surface area contributed by atoms with Gasteiger partial charge in [0.2, 0.25) is 0 Å². The van der Waals surface area contributed by atoms with Crippen LogP contribution in [0.25, 0.3) is 0 Å². The Morgan fingerprint density at radius 1 is 0.897 bits per heavy atom. The minimum atomic E-state index is -1.33. The van der Waals surface area contributed by atoms with Gasteiger partial charge in [-0.2, -0.15) is 0 Å². The molecule has 0 radical (unpaired) electrons. The topological polar surface area (TPSA) is 129 Å². The van der Waals surface area contributed by atoms with E-state index in [0.717, 1.165) is 25.1 Å². The molecule has 0 saturated carbocycles. The summed E-state index contributed by atoms with van der Waals surface area (Å²) in [6.07, 6.45) is 1.05. The number of hydrogen-bond donors (Lipinski definition) is 4. The van der Waals surface area contributed by atoms with Gasteiger partial charge in [0.1, 0.15) is 24.2 Å². The Kier molecular flexibility index (Phi) is 10.1. The predicted molar refractivity (Wildman–Crippen MR) is 148 cm³/mol. The first-order valence-electron chi connectivity index (χ1n) is 13.0. The number of rotatable bonds is 14. The fourth-order valence-corrected chi connectivity index (χ4v) is 4.92. The van der Waals surface area contributed by atoms with Gasteiger partial charge >= 0.3 is 11.9 Å². The van der Waals surface area contributed by atoms with Gasteiger partial charge in [0.25, 0.3) is 0 Å². The van der Waals surface area contributed by atoms with Crippen LogP contribution >= 0.6 is 0 Å². The van der Waals surface area contributed by atoms with E-state index in [-0.39, 0.29) is 17.8 Å². The second-order valence-corrected chi connectivity index (χ2v) is 9.78. The molecule has 1 atom stereocenters. The SMILES string of the molecule is CC1=C(C(=O)O)C(C)(c2ccc(OCCCCNCC(O)COc3ccccc3)cc2)C(C(=O)O)=C(C)N1C. The summed E-state index contributed by atoms with van der Waals surface area (Å²) < 4.78 is 11.4. The zero-order valence-corrected chi connectivity index (χ0v) is 22.9. The summed E-state index contributed by atoms with van der Waals surface area (Å²) in [5.74, 6) is -0.964. The summed E-state index contributed by atoms with van der Waals surface area (Å²) in [5.41, 5.74) is 0.293. The number of hydrogen-bond acceptors (Lipinski definition) is 7. The number of unbranched alkanes of at least 4 members (excludes halogenated alkanes) is 1. The van der Waals surface area contributed by atoms with Gasteiger partial charge in [-0.25, -0.2) is 9.59 Å². The van der Waals surface area contributed by atoms with Crippen molar-refractivity contribution in [3.8, 4) is 11.5 Å². The molecule has 1 aliphatic rings. The van der Waals surface area contributed by atoms with Crippen LogP contribution in [0.4, 0.5) is 0 Å². The van der Waals surface area contributed by atoms with Gasteiger partial charge in [-0.05, 0) is 70.0 Å². The van der Waals surface area contributed by atoms with Crippen molar-refractivity contribution in [2.75, 3.05) is 33.4 Å². The Morgan fingerprint density at radius 2 is 1.46 bits per heavy atom. The Morgan fingerprint density at radius 3 is 2.03 bits per heavy atom. The van der Waals surface area contributed by atoms with Crippen LogP contribution in [0.1, 0.15) is 39.2 Å². The van der Waals surface area contributed by atoms with Gasteiger partial charge in [-0.1, -0.05) is 30.3 Å². The molecule has 210 valence electrons. The van der Waals surface area contributed by atoms with Gasteiger partial charge in [-0.3, -0.25) is 0 Å².